The molecule has 3 rings (SSSR count). The van der Waals surface area contributed by atoms with Gasteiger partial charge in [-0.2, -0.15) is 0 Å². The maximum atomic E-state index is 12.2. The molecule has 24 heavy (non-hydrogen) atoms. The lowest BCUT2D eigenvalue weighted by atomic mass is 10.1. The standard InChI is InChI=1S/C20H26N2O2/c1-15-12-16(2)24-19(15)20(23)21-13-18-9-11-22(14-18)10-8-17-6-4-3-5-7-17/h3-7,12,18H,8-11,13-14H2,1-2H3,(H,21,23)/t18-/m1/s1. The minimum atomic E-state index is -0.0941. The molecule has 0 saturated carbocycles. The molecule has 4 heteroatoms. The second-order valence-corrected chi connectivity index (χ2v) is 6.77. The van der Waals surface area contributed by atoms with Gasteiger partial charge in [-0.1, -0.05) is 30.3 Å². The molecule has 4 nitrogen and oxygen atoms in total. The number of nitrogens with one attached hydrogen (secondary N) is 1. The molecule has 1 saturated heterocycles. The Bertz CT molecular complexity index is 678. The quantitative estimate of drug-likeness (QED) is 0.887. The van der Waals surface area contributed by atoms with Crippen molar-refractivity contribution in [2.75, 3.05) is 26.2 Å². The first kappa shape index (κ1) is 16.8. The minimum Gasteiger partial charge on any atom is -0.456 e. The van der Waals surface area contributed by atoms with Crippen LogP contribution in [-0.4, -0.2) is 37.0 Å². The number of aryl methyl sites for hydroxylation is 2. The average molecular weight is 326 g/mol. The van der Waals surface area contributed by atoms with Gasteiger partial charge in [0.15, 0.2) is 5.76 Å². The molecule has 1 fully saturated rings. The molecule has 0 bridgehead atoms. The lowest BCUT2D eigenvalue weighted by Crippen LogP contribution is -2.31. The Balaban J connectivity index is 1.41. The molecular formula is C20H26N2O2. The van der Waals surface area contributed by atoms with E-state index in [-0.39, 0.29) is 5.91 Å². The molecule has 1 aromatic carbocycles. The summed E-state index contributed by atoms with van der Waals surface area (Å²) in [4.78, 5) is 14.7. The SMILES string of the molecule is Cc1cc(C)c(C(=O)NC[C@H]2CCN(CCc3ccccc3)C2)o1. The zero-order valence-electron chi connectivity index (χ0n) is 14.5. The van der Waals surface area contributed by atoms with E-state index in [1.54, 1.807) is 0 Å². The van der Waals surface area contributed by atoms with Gasteiger partial charge >= 0.3 is 0 Å². The molecule has 0 aliphatic carbocycles. The Kier molecular flexibility index (Phi) is 5.36. The number of benzene rings is 1. The summed E-state index contributed by atoms with van der Waals surface area (Å²) in [6, 6.07) is 12.5. The largest absolute Gasteiger partial charge is 0.456 e. The average Bonchev–Trinajstić information content (AvgIpc) is 3.17. The Labute approximate surface area is 143 Å². The highest BCUT2D eigenvalue weighted by atomic mass is 16.3. The van der Waals surface area contributed by atoms with Crippen LogP contribution in [0.5, 0.6) is 0 Å². The predicted molar refractivity (Wildman–Crippen MR) is 95.2 cm³/mol. The summed E-state index contributed by atoms with van der Waals surface area (Å²) in [5.74, 6) is 1.67. The Morgan fingerprint density at radius 3 is 2.79 bits per heavy atom. The first-order chi connectivity index (χ1) is 11.6. The van der Waals surface area contributed by atoms with Crippen LogP contribution in [-0.2, 0) is 6.42 Å². The fourth-order valence-electron chi connectivity index (χ4n) is 3.40. The van der Waals surface area contributed by atoms with E-state index in [4.69, 9.17) is 4.42 Å². The lowest BCUT2D eigenvalue weighted by molar-refractivity contribution is 0.0917. The second kappa shape index (κ2) is 7.67. The summed E-state index contributed by atoms with van der Waals surface area (Å²) in [7, 11) is 0. The number of furan rings is 1. The monoisotopic (exact) mass is 326 g/mol. The Hall–Kier alpha value is -2.07. The van der Waals surface area contributed by atoms with Crippen LogP contribution in [0.2, 0.25) is 0 Å². The molecule has 0 radical (unpaired) electrons. The van der Waals surface area contributed by atoms with E-state index in [0.29, 0.717) is 11.7 Å². The molecule has 128 valence electrons. The van der Waals surface area contributed by atoms with Crippen molar-refractivity contribution < 1.29 is 9.21 Å². The number of hydrogen-bond donors (Lipinski definition) is 1. The van der Waals surface area contributed by atoms with Crippen LogP contribution in [0.15, 0.2) is 40.8 Å². The summed E-state index contributed by atoms with van der Waals surface area (Å²) in [6.07, 6.45) is 2.23. The van der Waals surface area contributed by atoms with E-state index in [1.165, 1.54) is 5.56 Å². The van der Waals surface area contributed by atoms with Gasteiger partial charge in [0.05, 0.1) is 0 Å². The summed E-state index contributed by atoms with van der Waals surface area (Å²) in [5.41, 5.74) is 2.29. The van der Waals surface area contributed by atoms with Crippen molar-refractivity contribution in [1.82, 2.24) is 10.2 Å². The van der Waals surface area contributed by atoms with Crippen LogP contribution < -0.4 is 5.32 Å². The highest BCUT2D eigenvalue weighted by molar-refractivity contribution is 5.92. The molecule has 1 aliphatic rings. The van der Waals surface area contributed by atoms with Crippen LogP contribution in [0.25, 0.3) is 0 Å². The van der Waals surface area contributed by atoms with Crippen LogP contribution in [0, 0.1) is 19.8 Å². The third-order valence-corrected chi connectivity index (χ3v) is 4.73. The van der Waals surface area contributed by atoms with Crippen molar-refractivity contribution in [3.63, 3.8) is 0 Å². The van der Waals surface area contributed by atoms with Crippen molar-refractivity contribution in [1.29, 1.82) is 0 Å². The van der Waals surface area contributed by atoms with Gasteiger partial charge in [-0.25, -0.2) is 0 Å². The smallest absolute Gasteiger partial charge is 0.287 e. The topological polar surface area (TPSA) is 45.5 Å². The fraction of sp³-hybridized carbons (Fsp3) is 0.450. The third-order valence-electron chi connectivity index (χ3n) is 4.73. The third kappa shape index (κ3) is 4.26. The number of nitrogens with zero attached hydrogens (tertiary/aromatic N) is 1. The molecule has 0 spiro atoms. The van der Waals surface area contributed by atoms with Crippen LogP contribution in [0.1, 0.15) is 33.9 Å². The molecule has 1 atom stereocenters. The first-order valence-corrected chi connectivity index (χ1v) is 8.73. The fourth-order valence-corrected chi connectivity index (χ4v) is 3.40. The number of likely N-dealkylation sites (tertiary alicyclic amines) is 1. The van der Waals surface area contributed by atoms with Crippen LogP contribution in [0.3, 0.4) is 0 Å². The van der Waals surface area contributed by atoms with Gasteiger partial charge < -0.3 is 14.6 Å². The van der Waals surface area contributed by atoms with E-state index in [9.17, 15) is 4.79 Å². The zero-order valence-corrected chi connectivity index (χ0v) is 14.5. The molecule has 1 N–H and O–H groups in total. The number of amides is 1. The number of carbonyl (C=O) groups is 1. The molecule has 0 unspecified atom stereocenters. The minimum absolute atomic E-state index is 0.0941. The predicted octanol–water partition coefficient (Wildman–Crippen LogP) is 3.19. The van der Waals surface area contributed by atoms with Gasteiger partial charge in [0.2, 0.25) is 0 Å². The molecule has 1 aliphatic heterocycles. The summed E-state index contributed by atoms with van der Waals surface area (Å²) < 4.78 is 5.48. The van der Waals surface area contributed by atoms with Crippen LogP contribution in [0.4, 0.5) is 0 Å². The Morgan fingerprint density at radius 2 is 2.08 bits per heavy atom. The van der Waals surface area contributed by atoms with Gasteiger partial charge in [0.25, 0.3) is 5.91 Å². The van der Waals surface area contributed by atoms with Gasteiger partial charge in [-0.3, -0.25) is 4.79 Å². The summed E-state index contributed by atoms with van der Waals surface area (Å²) >= 11 is 0. The van der Waals surface area contributed by atoms with Gasteiger partial charge in [-0.15, -0.1) is 0 Å². The lowest BCUT2D eigenvalue weighted by Gasteiger charge is -2.16. The van der Waals surface area contributed by atoms with Crippen molar-refractivity contribution in [2.24, 2.45) is 5.92 Å². The number of rotatable bonds is 6. The van der Waals surface area contributed by atoms with E-state index >= 15 is 0 Å². The Morgan fingerprint density at radius 1 is 1.29 bits per heavy atom. The molecule has 1 aromatic heterocycles. The normalized spacial score (nSPS) is 18.0. The van der Waals surface area contributed by atoms with E-state index < -0.39 is 0 Å². The maximum Gasteiger partial charge on any atom is 0.287 e. The summed E-state index contributed by atoms with van der Waals surface area (Å²) in [6.45, 7) is 7.76. The van der Waals surface area contributed by atoms with E-state index in [0.717, 1.165) is 50.3 Å². The van der Waals surface area contributed by atoms with Crippen molar-refractivity contribution in [2.45, 2.75) is 26.7 Å². The van der Waals surface area contributed by atoms with E-state index in [1.807, 2.05) is 19.9 Å². The van der Waals surface area contributed by atoms with Crippen LogP contribution >= 0.6 is 0 Å². The first-order valence-electron chi connectivity index (χ1n) is 8.73. The maximum absolute atomic E-state index is 12.2. The van der Waals surface area contributed by atoms with Gasteiger partial charge in [-0.05, 0) is 50.8 Å². The van der Waals surface area contributed by atoms with Crippen molar-refractivity contribution in [3.05, 3.63) is 59.0 Å². The van der Waals surface area contributed by atoms with Crippen molar-refractivity contribution >= 4 is 5.91 Å². The number of hydrogen-bond acceptors (Lipinski definition) is 3. The highest BCUT2D eigenvalue weighted by Gasteiger charge is 2.23. The zero-order chi connectivity index (χ0) is 16.9. The second-order valence-electron chi connectivity index (χ2n) is 6.77. The van der Waals surface area contributed by atoms with Crippen molar-refractivity contribution in [3.8, 4) is 0 Å². The summed E-state index contributed by atoms with van der Waals surface area (Å²) in [5, 5.41) is 3.03. The molecule has 2 aromatic rings. The number of carbonyl (C=O) groups excluding carboxylic acids is 1. The van der Waals surface area contributed by atoms with Gasteiger partial charge in [0.1, 0.15) is 5.76 Å². The van der Waals surface area contributed by atoms with Gasteiger partial charge in [0, 0.05) is 25.2 Å². The molecule has 2 heterocycles. The highest BCUT2D eigenvalue weighted by Crippen LogP contribution is 2.17. The molecular weight excluding hydrogens is 300 g/mol. The molecule has 1 amide bonds. The van der Waals surface area contributed by atoms with E-state index in [2.05, 4.69) is 40.5 Å².